The van der Waals surface area contributed by atoms with E-state index in [1.54, 1.807) is 0 Å². The summed E-state index contributed by atoms with van der Waals surface area (Å²) in [4.78, 5) is 6.77. The van der Waals surface area contributed by atoms with Crippen LogP contribution in [0.4, 0.5) is 0 Å². The van der Waals surface area contributed by atoms with Crippen LogP contribution in [-0.4, -0.2) is 28.0 Å². The molecule has 0 aliphatic carbocycles. The minimum atomic E-state index is 0.364. The van der Waals surface area contributed by atoms with Gasteiger partial charge in [-0.2, -0.15) is 0 Å². The molecular formula is C20H23N3. The molecular weight excluding hydrogens is 282 g/mol. The van der Waals surface area contributed by atoms with Gasteiger partial charge in [0.05, 0.1) is 6.54 Å². The van der Waals surface area contributed by atoms with Crippen molar-refractivity contribution in [1.82, 2.24) is 14.5 Å². The second kappa shape index (κ2) is 7.25. The Hall–Kier alpha value is -2.39. The van der Waals surface area contributed by atoms with Gasteiger partial charge in [0.25, 0.3) is 0 Å². The molecule has 0 N–H and O–H groups in total. The fraction of sp³-hybridized carbons (Fsp3) is 0.250. The minimum Gasteiger partial charge on any atom is -0.337 e. The van der Waals surface area contributed by atoms with E-state index in [2.05, 4.69) is 82.2 Å². The van der Waals surface area contributed by atoms with Crippen LogP contribution in [0, 0.1) is 0 Å². The van der Waals surface area contributed by atoms with Crippen molar-refractivity contribution in [2.75, 3.05) is 13.6 Å². The molecule has 1 heterocycles. The van der Waals surface area contributed by atoms with Gasteiger partial charge in [-0.05, 0) is 18.2 Å². The Morgan fingerprint density at radius 1 is 0.957 bits per heavy atom. The molecule has 0 bridgehead atoms. The van der Waals surface area contributed by atoms with Crippen molar-refractivity contribution < 1.29 is 0 Å². The number of imidazole rings is 1. The Balaban J connectivity index is 1.80. The molecule has 3 rings (SSSR count). The molecule has 0 saturated carbocycles. The van der Waals surface area contributed by atoms with Crippen molar-refractivity contribution in [3.05, 3.63) is 90.0 Å². The largest absolute Gasteiger partial charge is 0.337 e. The van der Waals surface area contributed by atoms with Gasteiger partial charge in [-0.1, -0.05) is 60.7 Å². The number of hydrogen-bond acceptors (Lipinski definition) is 2. The molecule has 3 heteroatoms. The molecule has 0 aliphatic heterocycles. The Bertz CT molecular complexity index is 679. The van der Waals surface area contributed by atoms with Crippen molar-refractivity contribution in [2.24, 2.45) is 7.05 Å². The maximum Gasteiger partial charge on any atom is 0.122 e. The zero-order chi connectivity index (χ0) is 16.1. The minimum absolute atomic E-state index is 0.364. The average Bonchev–Trinajstić information content (AvgIpc) is 2.99. The maximum atomic E-state index is 4.43. The summed E-state index contributed by atoms with van der Waals surface area (Å²) in [5.41, 5.74) is 2.70. The van der Waals surface area contributed by atoms with E-state index >= 15 is 0 Å². The third-order valence-corrected chi connectivity index (χ3v) is 4.23. The first-order valence-corrected chi connectivity index (χ1v) is 7.98. The molecule has 1 aromatic heterocycles. The molecule has 23 heavy (non-hydrogen) atoms. The van der Waals surface area contributed by atoms with E-state index in [1.807, 2.05) is 19.4 Å². The van der Waals surface area contributed by atoms with E-state index in [0.717, 1.165) is 18.9 Å². The Kier molecular flexibility index (Phi) is 4.89. The fourth-order valence-electron chi connectivity index (χ4n) is 2.94. The van der Waals surface area contributed by atoms with Crippen molar-refractivity contribution in [3.63, 3.8) is 0 Å². The van der Waals surface area contributed by atoms with E-state index in [-0.39, 0.29) is 0 Å². The van der Waals surface area contributed by atoms with Crippen molar-refractivity contribution >= 4 is 0 Å². The van der Waals surface area contributed by atoms with Gasteiger partial charge in [0, 0.05) is 31.9 Å². The molecule has 118 valence electrons. The normalized spacial score (nSPS) is 11.3. The second-order valence-electron chi connectivity index (χ2n) is 6.03. The zero-order valence-corrected chi connectivity index (χ0v) is 13.8. The molecule has 0 spiro atoms. The highest BCUT2D eigenvalue weighted by Crippen LogP contribution is 2.25. The van der Waals surface area contributed by atoms with E-state index in [4.69, 9.17) is 0 Å². The molecule has 0 radical (unpaired) electrons. The van der Waals surface area contributed by atoms with Crippen LogP contribution in [0.3, 0.4) is 0 Å². The van der Waals surface area contributed by atoms with Gasteiger partial charge in [-0.3, -0.25) is 4.90 Å². The highest BCUT2D eigenvalue weighted by atomic mass is 15.1. The van der Waals surface area contributed by atoms with Crippen molar-refractivity contribution in [1.29, 1.82) is 0 Å². The lowest BCUT2D eigenvalue weighted by molar-refractivity contribution is 0.304. The van der Waals surface area contributed by atoms with Gasteiger partial charge < -0.3 is 4.57 Å². The summed E-state index contributed by atoms with van der Waals surface area (Å²) in [5, 5.41) is 0. The number of benzene rings is 2. The summed E-state index contributed by atoms with van der Waals surface area (Å²) in [5.74, 6) is 1.45. The summed E-state index contributed by atoms with van der Waals surface area (Å²) in [6.45, 7) is 1.81. The number of aryl methyl sites for hydroxylation is 1. The van der Waals surface area contributed by atoms with E-state index in [9.17, 15) is 0 Å². The van der Waals surface area contributed by atoms with Crippen LogP contribution in [-0.2, 0) is 13.6 Å². The van der Waals surface area contributed by atoms with Crippen LogP contribution in [0.15, 0.2) is 73.1 Å². The van der Waals surface area contributed by atoms with Gasteiger partial charge >= 0.3 is 0 Å². The van der Waals surface area contributed by atoms with Crippen molar-refractivity contribution in [2.45, 2.75) is 12.5 Å². The third kappa shape index (κ3) is 3.88. The van der Waals surface area contributed by atoms with Gasteiger partial charge in [0.15, 0.2) is 0 Å². The van der Waals surface area contributed by atoms with Gasteiger partial charge in [0.2, 0.25) is 0 Å². The van der Waals surface area contributed by atoms with Crippen LogP contribution in [0.25, 0.3) is 0 Å². The molecule has 0 unspecified atom stereocenters. The predicted octanol–water partition coefficient (Wildman–Crippen LogP) is 3.68. The Morgan fingerprint density at radius 2 is 1.52 bits per heavy atom. The fourth-order valence-corrected chi connectivity index (χ4v) is 2.94. The smallest absolute Gasteiger partial charge is 0.122 e. The lowest BCUT2D eigenvalue weighted by Gasteiger charge is -2.25. The van der Waals surface area contributed by atoms with E-state index in [1.165, 1.54) is 11.1 Å². The summed E-state index contributed by atoms with van der Waals surface area (Å²) in [6.07, 6.45) is 3.85. The van der Waals surface area contributed by atoms with Crippen LogP contribution in [0.5, 0.6) is 0 Å². The van der Waals surface area contributed by atoms with Crippen molar-refractivity contribution in [3.8, 4) is 0 Å². The lowest BCUT2D eigenvalue weighted by atomic mass is 9.91. The van der Waals surface area contributed by atoms with E-state index < -0.39 is 0 Å². The first kappa shape index (κ1) is 15.5. The standard InChI is InChI=1S/C20H23N3/c1-22(16-20-21-13-14-23(20)2)15-19(17-9-5-3-6-10-17)18-11-7-4-8-12-18/h3-14,19H,15-16H2,1-2H3. The molecule has 0 saturated heterocycles. The van der Waals surface area contributed by atoms with E-state index in [0.29, 0.717) is 5.92 Å². The number of likely N-dealkylation sites (N-methyl/N-ethyl adjacent to an activating group) is 1. The summed E-state index contributed by atoms with van der Waals surface area (Å²) in [6, 6.07) is 21.5. The monoisotopic (exact) mass is 305 g/mol. The molecule has 0 atom stereocenters. The van der Waals surface area contributed by atoms with Crippen LogP contribution in [0.1, 0.15) is 22.9 Å². The quantitative estimate of drug-likeness (QED) is 0.692. The first-order chi connectivity index (χ1) is 11.2. The Morgan fingerprint density at radius 3 is 2.00 bits per heavy atom. The van der Waals surface area contributed by atoms with Crippen LogP contribution >= 0.6 is 0 Å². The van der Waals surface area contributed by atoms with Gasteiger partial charge in [0.1, 0.15) is 5.82 Å². The second-order valence-corrected chi connectivity index (χ2v) is 6.03. The van der Waals surface area contributed by atoms with Gasteiger partial charge in [-0.25, -0.2) is 4.98 Å². The predicted molar refractivity (Wildman–Crippen MR) is 94.3 cm³/mol. The topological polar surface area (TPSA) is 21.1 Å². The summed E-state index contributed by atoms with van der Waals surface area (Å²) < 4.78 is 2.08. The third-order valence-electron chi connectivity index (χ3n) is 4.23. The Labute approximate surface area is 138 Å². The highest BCUT2D eigenvalue weighted by Gasteiger charge is 2.17. The molecule has 2 aromatic carbocycles. The number of aromatic nitrogens is 2. The van der Waals surface area contributed by atoms with Crippen LogP contribution < -0.4 is 0 Å². The zero-order valence-electron chi connectivity index (χ0n) is 13.8. The molecule has 3 aromatic rings. The molecule has 0 amide bonds. The number of rotatable bonds is 6. The van der Waals surface area contributed by atoms with Crippen LogP contribution in [0.2, 0.25) is 0 Å². The number of hydrogen-bond donors (Lipinski definition) is 0. The lowest BCUT2D eigenvalue weighted by Crippen LogP contribution is -2.26. The number of nitrogens with zero attached hydrogens (tertiary/aromatic N) is 3. The summed E-state index contributed by atoms with van der Waals surface area (Å²) in [7, 11) is 4.20. The summed E-state index contributed by atoms with van der Waals surface area (Å²) >= 11 is 0. The highest BCUT2D eigenvalue weighted by molar-refractivity contribution is 5.32. The molecule has 0 fully saturated rings. The van der Waals surface area contributed by atoms with Gasteiger partial charge in [-0.15, -0.1) is 0 Å². The SMILES string of the molecule is CN(Cc1nccn1C)CC(c1ccccc1)c1ccccc1. The average molecular weight is 305 g/mol. The molecule has 3 nitrogen and oxygen atoms in total. The first-order valence-electron chi connectivity index (χ1n) is 7.98. The molecule has 0 aliphatic rings. The maximum absolute atomic E-state index is 4.43.